The molecule has 7 heteroatoms. The van der Waals surface area contributed by atoms with Crippen LogP contribution < -0.4 is 4.90 Å². The van der Waals surface area contributed by atoms with Crippen LogP contribution in [0.4, 0.5) is 5.69 Å². The van der Waals surface area contributed by atoms with Crippen molar-refractivity contribution in [2.24, 2.45) is 0 Å². The van der Waals surface area contributed by atoms with E-state index in [0.717, 1.165) is 35.5 Å². The molecular weight excluding hydrogens is 414 g/mol. The molecule has 0 aliphatic carbocycles. The maximum absolute atomic E-state index is 13.7. The number of fused-ring (bicyclic) bond motifs is 3. The fourth-order valence-corrected chi connectivity index (χ4v) is 5.05. The average Bonchev–Trinajstić information content (AvgIpc) is 3.37. The number of benzene rings is 1. The third-order valence-corrected chi connectivity index (χ3v) is 6.60. The van der Waals surface area contributed by atoms with Crippen LogP contribution in [0.15, 0.2) is 54.9 Å². The van der Waals surface area contributed by atoms with Gasteiger partial charge in [0.15, 0.2) is 0 Å². The number of hydrogen-bond acceptors (Lipinski definition) is 4. The summed E-state index contributed by atoms with van der Waals surface area (Å²) in [5.41, 5.74) is 5.34. The van der Waals surface area contributed by atoms with Crippen LogP contribution in [0, 0.1) is 0 Å². The third kappa shape index (κ3) is 3.76. The number of para-hydroxylation sites is 1. The summed E-state index contributed by atoms with van der Waals surface area (Å²) < 4.78 is 9.91. The monoisotopic (exact) mass is 445 g/mol. The van der Waals surface area contributed by atoms with Crippen LogP contribution in [0.2, 0.25) is 0 Å². The van der Waals surface area contributed by atoms with Crippen molar-refractivity contribution in [1.29, 1.82) is 0 Å². The van der Waals surface area contributed by atoms with Crippen LogP contribution in [0.5, 0.6) is 0 Å². The van der Waals surface area contributed by atoms with Gasteiger partial charge in [0.1, 0.15) is 5.69 Å². The van der Waals surface area contributed by atoms with Crippen LogP contribution in [-0.2, 0) is 11.3 Å². The van der Waals surface area contributed by atoms with E-state index in [0.29, 0.717) is 26.2 Å². The molecule has 33 heavy (non-hydrogen) atoms. The Hall–Kier alpha value is -3.32. The van der Waals surface area contributed by atoms with Gasteiger partial charge in [-0.25, -0.2) is 0 Å². The molecule has 1 aliphatic rings. The largest absolute Gasteiger partial charge is 0.383 e. The molecule has 5 rings (SSSR count). The number of pyridine rings is 1. The smallest absolute Gasteiger partial charge is 0.270 e. The van der Waals surface area contributed by atoms with E-state index in [9.17, 15) is 4.79 Å². The van der Waals surface area contributed by atoms with Gasteiger partial charge in [0.25, 0.3) is 5.91 Å². The molecular formula is C26H31N5O2. The van der Waals surface area contributed by atoms with Gasteiger partial charge in [-0.3, -0.25) is 9.78 Å². The van der Waals surface area contributed by atoms with Crippen LogP contribution in [-0.4, -0.2) is 64.8 Å². The van der Waals surface area contributed by atoms with Crippen LogP contribution in [0.25, 0.3) is 21.9 Å². The van der Waals surface area contributed by atoms with Gasteiger partial charge in [0.05, 0.1) is 23.2 Å². The Labute approximate surface area is 194 Å². The van der Waals surface area contributed by atoms with E-state index in [4.69, 9.17) is 4.74 Å². The molecule has 1 aliphatic heterocycles. The maximum atomic E-state index is 13.7. The topological polar surface area (TPSA) is 55.5 Å². The van der Waals surface area contributed by atoms with Crippen molar-refractivity contribution in [2.75, 3.05) is 44.8 Å². The quantitative estimate of drug-likeness (QED) is 0.447. The van der Waals surface area contributed by atoms with Crippen LogP contribution in [0.3, 0.4) is 0 Å². The lowest BCUT2D eigenvalue weighted by atomic mass is 10.2. The average molecular weight is 446 g/mol. The number of amides is 1. The molecule has 0 saturated carbocycles. The number of aromatic nitrogens is 3. The molecule has 4 aromatic rings. The summed E-state index contributed by atoms with van der Waals surface area (Å²) in [7, 11) is 1.71. The third-order valence-electron chi connectivity index (χ3n) is 6.60. The maximum Gasteiger partial charge on any atom is 0.270 e. The lowest BCUT2D eigenvalue weighted by molar-refractivity contribution is 0.0734. The first-order valence-corrected chi connectivity index (χ1v) is 11.7. The fraction of sp³-hybridized carbons (Fsp3) is 0.385. The fourth-order valence-electron chi connectivity index (χ4n) is 5.05. The molecule has 1 saturated heterocycles. The first kappa shape index (κ1) is 21.5. The highest BCUT2D eigenvalue weighted by atomic mass is 16.5. The van der Waals surface area contributed by atoms with Gasteiger partial charge < -0.3 is 23.7 Å². The van der Waals surface area contributed by atoms with Gasteiger partial charge in [-0.2, -0.15) is 0 Å². The molecule has 0 spiro atoms. The predicted octanol–water partition coefficient (Wildman–Crippen LogP) is 4.18. The van der Waals surface area contributed by atoms with E-state index in [-0.39, 0.29) is 11.9 Å². The number of hydrogen-bond donors (Lipinski definition) is 0. The Morgan fingerprint density at radius 3 is 2.45 bits per heavy atom. The standard InChI is InChI=1S/C26H31N5O2/c1-19(2)31-22-7-5-4-6-21(22)25-23(31)18-24(30(25)16-17-33-3)26(32)29-14-12-28(13-15-29)20-8-10-27-11-9-20/h4-11,18-19H,12-17H2,1-3H3. The minimum atomic E-state index is 0.0936. The summed E-state index contributed by atoms with van der Waals surface area (Å²) in [6.07, 6.45) is 3.63. The van der Waals surface area contributed by atoms with Crippen molar-refractivity contribution in [2.45, 2.75) is 26.4 Å². The number of piperazine rings is 1. The second kappa shape index (κ2) is 8.90. The van der Waals surface area contributed by atoms with Gasteiger partial charge in [-0.1, -0.05) is 18.2 Å². The van der Waals surface area contributed by atoms with Crippen molar-refractivity contribution in [3.8, 4) is 0 Å². The molecule has 7 nitrogen and oxygen atoms in total. The van der Waals surface area contributed by atoms with Gasteiger partial charge in [-0.15, -0.1) is 0 Å². The summed E-state index contributed by atoms with van der Waals surface area (Å²) in [6, 6.07) is 14.9. The van der Waals surface area contributed by atoms with Gasteiger partial charge in [-0.05, 0) is 38.1 Å². The van der Waals surface area contributed by atoms with Gasteiger partial charge >= 0.3 is 0 Å². The first-order valence-electron chi connectivity index (χ1n) is 11.7. The Morgan fingerprint density at radius 2 is 1.76 bits per heavy atom. The number of nitrogens with zero attached hydrogens (tertiary/aromatic N) is 5. The highest BCUT2D eigenvalue weighted by molar-refractivity contribution is 6.10. The van der Waals surface area contributed by atoms with Gasteiger partial charge in [0, 0.05) is 69.3 Å². The lowest BCUT2D eigenvalue weighted by Gasteiger charge is -2.36. The zero-order valence-corrected chi connectivity index (χ0v) is 19.6. The van der Waals surface area contributed by atoms with Crippen molar-refractivity contribution >= 4 is 33.5 Å². The molecule has 172 valence electrons. The number of ether oxygens (including phenoxy) is 1. The SMILES string of the molecule is COCCn1c(C(=O)N2CCN(c3ccncc3)CC2)cc2c1c1ccccc1n2C(C)C. The minimum Gasteiger partial charge on any atom is -0.383 e. The van der Waals surface area contributed by atoms with Crippen molar-refractivity contribution in [3.05, 3.63) is 60.6 Å². The molecule has 0 bridgehead atoms. The molecule has 0 unspecified atom stereocenters. The number of methoxy groups -OCH3 is 1. The highest BCUT2D eigenvalue weighted by Gasteiger charge is 2.28. The molecule has 3 aromatic heterocycles. The molecule has 1 aromatic carbocycles. The summed E-state index contributed by atoms with van der Waals surface area (Å²) in [5.74, 6) is 0.0936. The lowest BCUT2D eigenvalue weighted by Crippen LogP contribution is -2.49. The molecule has 0 N–H and O–H groups in total. The Bertz CT molecular complexity index is 1270. The Balaban J connectivity index is 1.51. The van der Waals surface area contributed by atoms with E-state index in [1.54, 1.807) is 7.11 Å². The Morgan fingerprint density at radius 1 is 1.03 bits per heavy atom. The first-order chi connectivity index (χ1) is 16.1. The normalized spacial score (nSPS) is 14.7. The summed E-state index contributed by atoms with van der Waals surface area (Å²) in [4.78, 5) is 22.1. The van der Waals surface area contributed by atoms with Gasteiger partial charge in [0.2, 0.25) is 0 Å². The summed E-state index contributed by atoms with van der Waals surface area (Å²) >= 11 is 0. The van der Waals surface area contributed by atoms with E-state index in [1.165, 1.54) is 10.9 Å². The molecule has 1 amide bonds. The van der Waals surface area contributed by atoms with E-state index in [1.807, 2.05) is 29.4 Å². The van der Waals surface area contributed by atoms with E-state index in [2.05, 4.69) is 63.2 Å². The summed E-state index contributed by atoms with van der Waals surface area (Å²) in [6.45, 7) is 8.61. The van der Waals surface area contributed by atoms with E-state index >= 15 is 0 Å². The Kier molecular flexibility index (Phi) is 5.81. The minimum absolute atomic E-state index is 0.0936. The highest BCUT2D eigenvalue weighted by Crippen LogP contribution is 2.34. The molecule has 0 radical (unpaired) electrons. The van der Waals surface area contributed by atoms with Crippen molar-refractivity contribution in [1.82, 2.24) is 19.0 Å². The number of carbonyl (C=O) groups excluding carboxylic acids is 1. The summed E-state index contributed by atoms with van der Waals surface area (Å²) in [5, 5.41) is 1.18. The molecule has 0 atom stereocenters. The number of rotatable bonds is 6. The van der Waals surface area contributed by atoms with Crippen molar-refractivity contribution in [3.63, 3.8) is 0 Å². The van der Waals surface area contributed by atoms with Crippen LogP contribution in [0.1, 0.15) is 30.4 Å². The van der Waals surface area contributed by atoms with E-state index < -0.39 is 0 Å². The zero-order chi connectivity index (χ0) is 22.9. The predicted molar refractivity (Wildman–Crippen MR) is 132 cm³/mol. The number of anilines is 1. The molecule has 4 heterocycles. The zero-order valence-electron chi connectivity index (χ0n) is 19.6. The van der Waals surface area contributed by atoms with Crippen molar-refractivity contribution < 1.29 is 9.53 Å². The van der Waals surface area contributed by atoms with Crippen LogP contribution >= 0.6 is 0 Å². The second-order valence-electron chi connectivity index (χ2n) is 8.87. The number of carbonyl (C=O) groups is 1. The molecule has 1 fully saturated rings. The second-order valence-corrected chi connectivity index (χ2v) is 8.87.